The van der Waals surface area contributed by atoms with E-state index in [1.165, 1.54) is 0 Å². The number of aliphatic imine (C=N–C) groups is 1. The smallest absolute Gasteiger partial charge is 0.316 e. The monoisotopic (exact) mass is 422 g/mol. The van der Waals surface area contributed by atoms with Crippen LogP contribution in [0.25, 0.3) is 0 Å². The number of carbonyl (C=O) groups excluding carboxylic acids is 1. The summed E-state index contributed by atoms with van der Waals surface area (Å²) >= 11 is 0. The summed E-state index contributed by atoms with van der Waals surface area (Å²) in [6, 6.07) is 11.8. The number of ether oxygens (including phenoxy) is 4. The maximum Gasteiger partial charge on any atom is 0.316 e. The zero-order chi connectivity index (χ0) is 21.4. The third kappa shape index (κ3) is 3.63. The van der Waals surface area contributed by atoms with Crippen LogP contribution < -0.4 is 14.2 Å². The van der Waals surface area contributed by atoms with Gasteiger partial charge in [-0.2, -0.15) is 0 Å². The zero-order valence-corrected chi connectivity index (χ0v) is 17.8. The van der Waals surface area contributed by atoms with Gasteiger partial charge in [0, 0.05) is 18.5 Å². The van der Waals surface area contributed by atoms with Gasteiger partial charge in [0.15, 0.2) is 11.5 Å². The molecular weight excluding hydrogens is 396 g/mol. The third-order valence-electron chi connectivity index (χ3n) is 6.22. The van der Waals surface area contributed by atoms with Crippen molar-refractivity contribution in [3.63, 3.8) is 0 Å². The molecule has 162 valence electrons. The van der Waals surface area contributed by atoms with Crippen molar-refractivity contribution >= 4 is 17.4 Å². The van der Waals surface area contributed by atoms with Gasteiger partial charge in [0.05, 0.1) is 11.4 Å². The Labute approximate surface area is 181 Å². The second kappa shape index (κ2) is 8.23. The summed E-state index contributed by atoms with van der Waals surface area (Å²) in [5.74, 6) is 1.28. The maximum absolute atomic E-state index is 12.6. The van der Waals surface area contributed by atoms with Crippen LogP contribution >= 0.6 is 0 Å². The fourth-order valence-electron chi connectivity index (χ4n) is 4.52. The first kappa shape index (κ1) is 19.9. The van der Waals surface area contributed by atoms with Gasteiger partial charge in [-0.3, -0.25) is 9.79 Å². The Hall–Kier alpha value is -3.06. The molecular formula is C24H26N2O5. The molecule has 0 saturated carbocycles. The number of hydrogen-bond acceptors (Lipinski definition) is 7. The summed E-state index contributed by atoms with van der Waals surface area (Å²) in [6.07, 6.45) is 0. The molecule has 0 aliphatic carbocycles. The average molecular weight is 422 g/mol. The number of carbonyl (C=O) groups is 1. The fourth-order valence-corrected chi connectivity index (χ4v) is 4.52. The normalized spacial score (nSPS) is 20.9. The molecule has 1 saturated heterocycles. The molecule has 2 aromatic carbocycles. The van der Waals surface area contributed by atoms with Crippen LogP contribution in [0.1, 0.15) is 30.9 Å². The topological polar surface area (TPSA) is 69.6 Å². The molecule has 7 nitrogen and oxygen atoms in total. The number of likely N-dealkylation sites (N-methyl/N-ethyl adjacent to an activating group) is 1. The molecule has 3 heterocycles. The van der Waals surface area contributed by atoms with E-state index in [2.05, 4.69) is 18.7 Å². The number of nitrogens with zero attached hydrogens (tertiary/aromatic N) is 2. The van der Waals surface area contributed by atoms with Crippen LogP contribution in [0.5, 0.6) is 17.2 Å². The van der Waals surface area contributed by atoms with Gasteiger partial charge in [0.25, 0.3) is 0 Å². The molecule has 0 amide bonds. The predicted octanol–water partition coefficient (Wildman–Crippen LogP) is 3.53. The van der Waals surface area contributed by atoms with Gasteiger partial charge in [-0.1, -0.05) is 26.0 Å². The summed E-state index contributed by atoms with van der Waals surface area (Å²) in [6.45, 7) is 8.21. The minimum Gasteiger partial charge on any atom is -0.492 e. The Morgan fingerprint density at radius 3 is 2.68 bits per heavy atom. The molecule has 7 heteroatoms. The van der Waals surface area contributed by atoms with E-state index in [9.17, 15) is 4.79 Å². The van der Waals surface area contributed by atoms with E-state index >= 15 is 0 Å². The Morgan fingerprint density at radius 1 is 1.06 bits per heavy atom. The highest BCUT2D eigenvalue weighted by molar-refractivity contribution is 6.11. The SMILES string of the molecule is CCN(CC)CCOc1cccc(C2c3cc4c(cc3N=C3COC(=O)C32)OCO4)c1. The summed E-state index contributed by atoms with van der Waals surface area (Å²) in [4.78, 5) is 19.7. The van der Waals surface area contributed by atoms with Crippen molar-refractivity contribution in [1.82, 2.24) is 4.90 Å². The van der Waals surface area contributed by atoms with Crippen LogP contribution in [0, 0.1) is 5.92 Å². The van der Waals surface area contributed by atoms with E-state index < -0.39 is 5.92 Å². The Kier molecular flexibility index (Phi) is 5.28. The van der Waals surface area contributed by atoms with Crippen molar-refractivity contribution in [2.45, 2.75) is 19.8 Å². The number of fused-ring (bicyclic) bond motifs is 3. The van der Waals surface area contributed by atoms with Crippen LogP contribution in [0.15, 0.2) is 41.4 Å². The Morgan fingerprint density at radius 2 is 1.87 bits per heavy atom. The van der Waals surface area contributed by atoms with Crippen molar-refractivity contribution in [1.29, 1.82) is 0 Å². The number of cyclic esters (lactones) is 1. The fraction of sp³-hybridized carbons (Fsp3) is 0.417. The molecule has 31 heavy (non-hydrogen) atoms. The van der Waals surface area contributed by atoms with Crippen LogP contribution in [-0.2, 0) is 9.53 Å². The van der Waals surface area contributed by atoms with E-state index in [0.717, 1.165) is 47.9 Å². The molecule has 5 rings (SSSR count). The minimum atomic E-state index is -0.432. The first-order chi connectivity index (χ1) is 15.2. The predicted molar refractivity (Wildman–Crippen MR) is 116 cm³/mol. The lowest BCUT2D eigenvalue weighted by atomic mass is 9.76. The van der Waals surface area contributed by atoms with Gasteiger partial charge in [-0.05, 0) is 42.4 Å². The summed E-state index contributed by atoms with van der Waals surface area (Å²) in [7, 11) is 0. The molecule has 0 aromatic heterocycles. The summed E-state index contributed by atoms with van der Waals surface area (Å²) in [5.41, 5.74) is 3.50. The van der Waals surface area contributed by atoms with E-state index in [1.807, 2.05) is 36.4 Å². The highest BCUT2D eigenvalue weighted by Crippen LogP contribution is 2.49. The first-order valence-electron chi connectivity index (χ1n) is 10.8. The van der Waals surface area contributed by atoms with Crippen molar-refractivity contribution in [2.24, 2.45) is 10.9 Å². The van der Waals surface area contributed by atoms with Gasteiger partial charge in [0.1, 0.15) is 24.9 Å². The molecule has 0 radical (unpaired) electrons. The second-order valence-electron chi connectivity index (χ2n) is 7.88. The van der Waals surface area contributed by atoms with Crippen molar-refractivity contribution < 1.29 is 23.7 Å². The number of benzene rings is 2. The molecule has 0 N–H and O–H groups in total. The highest BCUT2D eigenvalue weighted by Gasteiger charge is 2.45. The molecule has 1 fully saturated rings. The number of esters is 1. The van der Waals surface area contributed by atoms with Gasteiger partial charge in [0.2, 0.25) is 6.79 Å². The standard InChI is InChI=1S/C24H26N2O5/c1-3-26(4-2)8-9-28-16-7-5-6-15(10-16)22-17-11-20-21(31-14-30-20)12-18(17)25-19-13-29-24(27)23(19)22/h5-7,10-12,22-23H,3-4,8-9,13-14H2,1-2H3. The Balaban J connectivity index is 1.48. The largest absolute Gasteiger partial charge is 0.492 e. The van der Waals surface area contributed by atoms with Crippen molar-refractivity contribution in [3.8, 4) is 17.2 Å². The van der Waals surface area contributed by atoms with Crippen molar-refractivity contribution in [2.75, 3.05) is 39.6 Å². The first-order valence-corrected chi connectivity index (χ1v) is 10.8. The summed E-state index contributed by atoms with van der Waals surface area (Å²) < 4.78 is 22.5. The molecule has 3 aliphatic rings. The third-order valence-corrected chi connectivity index (χ3v) is 6.22. The molecule has 2 atom stereocenters. The quantitative estimate of drug-likeness (QED) is 0.636. The number of hydrogen-bond donors (Lipinski definition) is 0. The molecule has 2 unspecified atom stereocenters. The van der Waals surface area contributed by atoms with E-state index in [-0.39, 0.29) is 25.3 Å². The lowest BCUT2D eigenvalue weighted by Crippen LogP contribution is -2.28. The van der Waals surface area contributed by atoms with Crippen LogP contribution in [-0.4, -0.2) is 56.2 Å². The van der Waals surface area contributed by atoms with Gasteiger partial charge >= 0.3 is 5.97 Å². The molecule has 3 aliphatic heterocycles. The van der Waals surface area contributed by atoms with Crippen molar-refractivity contribution in [3.05, 3.63) is 47.5 Å². The van der Waals surface area contributed by atoms with Crippen LogP contribution in [0.4, 0.5) is 5.69 Å². The summed E-state index contributed by atoms with van der Waals surface area (Å²) in [5, 5.41) is 0. The van der Waals surface area contributed by atoms with Gasteiger partial charge in [-0.25, -0.2) is 0 Å². The lowest BCUT2D eigenvalue weighted by molar-refractivity contribution is -0.141. The molecule has 0 spiro atoms. The lowest BCUT2D eigenvalue weighted by Gasteiger charge is -2.28. The second-order valence-corrected chi connectivity index (χ2v) is 7.88. The Bertz CT molecular complexity index is 1030. The minimum absolute atomic E-state index is 0.195. The highest BCUT2D eigenvalue weighted by atomic mass is 16.7. The number of rotatable bonds is 7. The van der Waals surface area contributed by atoms with E-state index in [4.69, 9.17) is 23.9 Å². The van der Waals surface area contributed by atoms with E-state index in [0.29, 0.717) is 18.1 Å². The average Bonchev–Trinajstić information content (AvgIpc) is 3.40. The van der Waals surface area contributed by atoms with Crippen LogP contribution in [0.3, 0.4) is 0 Å². The molecule has 2 aromatic rings. The van der Waals surface area contributed by atoms with E-state index in [1.54, 1.807) is 0 Å². The van der Waals surface area contributed by atoms with Gasteiger partial charge < -0.3 is 23.8 Å². The molecule has 0 bridgehead atoms. The van der Waals surface area contributed by atoms with Gasteiger partial charge in [-0.15, -0.1) is 0 Å². The zero-order valence-electron chi connectivity index (χ0n) is 17.8. The maximum atomic E-state index is 12.6. The van der Waals surface area contributed by atoms with Crippen LogP contribution in [0.2, 0.25) is 0 Å².